The summed E-state index contributed by atoms with van der Waals surface area (Å²) in [7, 11) is -2.87. The lowest BCUT2D eigenvalue weighted by Crippen LogP contribution is -2.33. The van der Waals surface area contributed by atoms with Gasteiger partial charge in [-0.1, -0.05) is 39.0 Å². The summed E-state index contributed by atoms with van der Waals surface area (Å²) in [4.78, 5) is 12.1. The molecule has 1 aromatic rings. The van der Waals surface area contributed by atoms with Gasteiger partial charge >= 0.3 is 0 Å². The van der Waals surface area contributed by atoms with Crippen LogP contribution >= 0.6 is 0 Å². The molecule has 35 heavy (non-hydrogen) atoms. The van der Waals surface area contributed by atoms with Crippen LogP contribution in [0.5, 0.6) is 0 Å². The molecule has 2 atom stereocenters. The average Bonchev–Trinajstić information content (AvgIpc) is 2.84. The van der Waals surface area contributed by atoms with Crippen molar-refractivity contribution in [1.82, 2.24) is 5.32 Å². The standard InChI is InChI=1S/C27H44N2O5S/c1-3-4-5-10-13-23(14-11-8-6-7-9-12-19-35(2,33)34)20-28-25-17-15-24(16-18-25)27(32)29-21-26(31)22-30/h15-18,23,26,28,30-31H,3-7,9-10,12-14,19-22H2,1-2H3,(H,29,32). The molecule has 1 rings (SSSR count). The van der Waals surface area contributed by atoms with Gasteiger partial charge in [0, 0.05) is 49.2 Å². The molecular weight excluding hydrogens is 464 g/mol. The summed E-state index contributed by atoms with van der Waals surface area (Å²) in [6.45, 7) is 2.64. The van der Waals surface area contributed by atoms with Gasteiger partial charge in [-0.2, -0.15) is 0 Å². The highest BCUT2D eigenvalue weighted by Gasteiger charge is 2.10. The maximum Gasteiger partial charge on any atom is 0.251 e. The summed E-state index contributed by atoms with van der Waals surface area (Å²) >= 11 is 0. The number of carbonyl (C=O) groups is 1. The Morgan fingerprint density at radius 2 is 1.71 bits per heavy atom. The van der Waals surface area contributed by atoms with Crippen molar-refractivity contribution in [2.24, 2.45) is 5.92 Å². The van der Waals surface area contributed by atoms with Gasteiger partial charge in [-0.15, -0.1) is 11.8 Å². The Hall–Kier alpha value is -2.08. The second kappa shape index (κ2) is 18.2. The SMILES string of the molecule is CCCCCCC(CC#CCCCCCS(C)(=O)=O)CNc1ccc(C(=O)NCC(O)CO)cc1. The molecule has 0 bridgehead atoms. The van der Waals surface area contributed by atoms with Crippen LogP contribution in [0.2, 0.25) is 0 Å². The molecule has 7 nitrogen and oxygen atoms in total. The molecular formula is C27H44N2O5S. The minimum atomic E-state index is -2.87. The number of aliphatic hydroxyl groups excluding tert-OH is 2. The van der Waals surface area contributed by atoms with Crippen molar-refractivity contribution >= 4 is 21.4 Å². The second-order valence-corrected chi connectivity index (χ2v) is 11.5. The number of amides is 1. The highest BCUT2D eigenvalue weighted by atomic mass is 32.2. The summed E-state index contributed by atoms with van der Waals surface area (Å²) in [5.41, 5.74) is 1.44. The zero-order chi connectivity index (χ0) is 25.9. The molecule has 0 aliphatic heterocycles. The van der Waals surface area contributed by atoms with Crippen molar-refractivity contribution in [2.75, 3.05) is 37.0 Å². The van der Waals surface area contributed by atoms with Gasteiger partial charge in [-0.3, -0.25) is 4.79 Å². The van der Waals surface area contributed by atoms with E-state index in [2.05, 4.69) is 29.4 Å². The maximum atomic E-state index is 12.1. The summed E-state index contributed by atoms with van der Waals surface area (Å²) in [5, 5.41) is 24.3. The van der Waals surface area contributed by atoms with Crippen molar-refractivity contribution < 1.29 is 23.4 Å². The van der Waals surface area contributed by atoms with Gasteiger partial charge in [0.25, 0.3) is 5.91 Å². The molecule has 0 aliphatic carbocycles. The van der Waals surface area contributed by atoms with E-state index in [1.54, 1.807) is 12.1 Å². The van der Waals surface area contributed by atoms with Crippen LogP contribution in [0, 0.1) is 17.8 Å². The van der Waals surface area contributed by atoms with Crippen LogP contribution in [0.3, 0.4) is 0 Å². The van der Waals surface area contributed by atoms with Gasteiger partial charge in [-0.25, -0.2) is 8.42 Å². The van der Waals surface area contributed by atoms with Crippen LogP contribution in [0.25, 0.3) is 0 Å². The molecule has 0 saturated heterocycles. The van der Waals surface area contributed by atoms with Crippen LogP contribution in [0.15, 0.2) is 24.3 Å². The monoisotopic (exact) mass is 508 g/mol. The number of hydrogen-bond acceptors (Lipinski definition) is 6. The first kappa shape index (κ1) is 31.0. The third kappa shape index (κ3) is 16.3. The molecule has 0 spiro atoms. The first-order valence-electron chi connectivity index (χ1n) is 12.8. The number of aliphatic hydroxyl groups is 2. The molecule has 2 unspecified atom stereocenters. The lowest BCUT2D eigenvalue weighted by Gasteiger charge is -2.16. The van der Waals surface area contributed by atoms with E-state index in [1.165, 1.54) is 31.9 Å². The number of nitrogens with one attached hydrogen (secondary N) is 2. The zero-order valence-corrected chi connectivity index (χ0v) is 22.2. The zero-order valence-electron chi connectivity index (χ0n) is 21.4. The predicted octanol–water partition coefficient (Wildman–Crippen LogP) is 3.77. The van der Waals surface area contributed by atoms with Crippen LogP contribution in [-0.2, 0) is 9.84 Å². The Balaban J connectivity index is 2.49. The number of unbranched alkanes of at least 4 members (excludes halogenated alkanes) is 6. The lowest BCUT2D eigenvalue weighted by molar-refractivity contribution is 0.0802. The highest BCUT2D eigenvalue weighted by molar-refractivity contribution is 7.90. The summed E-state index contributed by atoms with van der Waals surface area (Å²) in [5.74, 6) is 6.98. The average molecular weight is 509 g/mol. The van der Waals surface area contributed by atoms with E-state index >= 15 is 0 Å². The molecule has 4 N–H and O–H groups in total. The van der Waals surface area contributed by atoms with Gasteiger partial charge in [0.15, 0.2) is 0 Å². The number of carbonyl (C=O) groups excluding carboxylic acids is 1. The largest absolute Gasteiger partial charge is 0.394 e. The normalized spacial score (nSPS) is 12.9. The minimum Gasteiger partial charge on any atom is -0.394 e. The van der Waals surface area contributed by atoms with E-state index in [0.29, 0.717) is 17.9 Å². The van der Waals surface area contributed by atoms with Gasteiger partial charge in [0.2, 0.25) is 0 Å². The minimum absolute atomic E-state index is 0.0106. The van der Waals surface area contributed by atoms with E-state index in [1.807, 2.05) is 12.1 Å². The van der Waals surface area contributed by atoms with Crippen molar-refractivity contribution in [3.8, 4) is 11.8 Å². The molecule has 1 amide bonds. The van der Waals surface area contributed by atoms with E-state index < -0.39 is 22.5 Å². The van der Waals surface area contributed by atoms with Crippen LogP contribution < -0.4 is 10.6 Å². The predicted molar refractivity (Wildman–Crippen MR) is 143 cm³/mol. The topological polar surface area (TPSA) is 116 Å². The van der Waals surface area contributed by atoms with Crippen molar-refractivity contribution in [2.45, 2.75) is 77.2 Å². The molecule has 8 heteroatoms. The van der Waals surface area contributed by atoms with Crippen molar-refractivity contribution in [3.63, 3.8) is 0 Å². The summed E-state index contributed by atoms with van der Waals surface area (Å²) in [6, 6.07) is 7.22. The van der Waals surface area contributed by atoms with Gasteiger partial charge in [0.05, 0.1) is 12.7 Å². The first-order chi connectivity index (χ1) is 16.7. The lowest BCUT2D eigenvalue weighted by atomic mass is 9.97. The smallest absolute Gasteiger partial charge is 0.251 e. The third-order valence-electron chi connectivity index (χ3n) is 5.75. The highest BCUT2D eigenvalue weighted by Crippen LogP contribution is 2.17. The molecule has 0 heterocycles. The van der Waals surface area contributed by atoms with Crippen molar-refractivity contribution in [1.29, 1.82) is 0 Å². The first-order valence-corrected chi connectivity index (χ1v) is 14.9. The number of benzene rings is 1. The van der Waals surface area contributed by atoms with E-state index in [9.17, 15) is 18.3 Å². The Bertz CT molecular complexity index is 875. The number of rotatable bonds is 18. The number of anilines is 1. The molecule has 0 saturated carbocycles. The van der Waals surface area contributed by atoms with Gasteiger partial charge < -0.3 is 20.8 Å². The Labute approximate surface area is 212 Å². The van der Waals surface area contributed by atoms with Crippen LogP contribution in [0.1, 0.15) is 81.5 Å². The second-order valence-electron chi connectivity index (χ2n) is 9.22. The van der Waals surface area contributed by atoms with Gasteiger partial charge in [-0.05, 0) is 49.4 Å². The molecule has 0 fully saturated rings. The number of sulfone groups is 1. The van der Waals surface area contributed by atoms with Crippen LogP contribution in [-0.4, -0.2) is 62.3 Å². The summed E-state index contributed by atoms with van der Waals surface area (Å²) in [6.07, 6.45) is 10.5. The fraction of sp³-hybridized carbons (Fsp3) is 0.667. The molecule has 0 aromatic heterocycles. The fourth-order valence-corrected chi connectivity index (χ4v) is 4.30. The number of hydrogen-bond donors (Lipinski definition) is 4. The van der Waals surface area contributed by atoms with Crippen LogP contribution in [0.4, 0.5) is 5.69 Å². The third-order valence-corrected chi connectivity index (χ3v) is 6.78. The van der Waals surface area contributed by atoms with E-state index in [-0.39, 0.29) is 18.2 Å². The Morgan fingerprint density at radius 3 is 2.37 bits per heavy atom. The Kier molecular flexibility index (Phi) is 16.1. The molecule has 1 aromatic carbocycles. The Morgan fingerprint density at radius 1 is 1.00 bits per heavy atom. The molecule has 0 aliphatic rings. The summed E-state index contributed by atoms with van der Waals surface area (Å²) < 4.78 is 22.3. The van der Waals surface area contributed by atoms with E-state index in [0.717, 1.165) is 44.3 Å². The van der Waals surface area contributed by atoms with Gasteiger partial charge in [0.1, 0.15) is 9.84 Å². The molecule has 198 valence electrons. The van der Waals surface area contributed by atoms with Crippen molar-refractivity contribution in [3.05, 3.63) is 29.8 Å². The van der Waals surface area contributed by atoms with E-state index in [4.69, 9.17) is 5.11 Å². The molecule has 0 radical (unpaired) electrons. The quantitative estimate of drug-likeness (QED) is 0.177. The maximum absolute atomic E-state index is 12.1. The fourth-order valence-electron chi connectivity index (χ4n) is 3.57.